The third-order valence-corrected chi connectivity index (χ3v) is 4.66. The topological polar surface area (TPSA) is 81.7 Å². The average Bonchev–Trinajstić information content (AvgIpc) is 2.69. The molecule has 1 amide bonds. The van der Waals surface area contributed by atoms with Crippen LogP contribution in [0, 0.1) is 5.92 Å². The minimum Gasteiger partial charge on any atom is -0.464 e. The molecule has 2 unspecified atom stereocenters. The van der Waals surface area contributed by atoms with Crippen LogP contribution < -0.4 is 5.32 Å². The number of esters is 1. The van der Waals surface area contributed by atoms with Gasteiger partial charge in [0, 0.05) is 30.5 Å². The Morgan fingerprint density at radius 2 is 1.75 bits per heavy atom. The Morgan fingerprint density at radius 3 is 2.46 bits per heavy atom. The van der Waals surface area contributed by atoms with Gasteiger partial charge < -0.3 is 19.6 Å². The summed E-state index contributed by atoms with van der Waals surface area (Å²) in [7, 11) is 1.43. The van der Waals surface area contributed by atoms with E-state index in [4.69, 9.17) is 9.47 Å². The first-order valence-electron chi connectivity index (χ1n) is 9.40. The van der Waals surface area contributed by atoms with Crippen molar-refractivity contribution in [1.29, 1.82) is 0 Å². The molecule has 0 aliphatic carbocycles. The van der Waals surface area contributed by atoms with Crippen LogP contribution in [0.15, 0.2) is 42.5 Å². The second-order valence-electron chi connectivity index (χ2n) is 6.79. The Morgan fingerprint density at radius 1 is 1.04 bits per heavy atom. The van der Waals surface area contributed by atoms with Crippen molar-refractivity contribution in [2.24, 2.45) is 5.92 Å². The predicted octanol–water partition coefficient (Wildman–Crippen LogP) is 3.73. The zero-order valence-corrected chi connectivity index (χ0v) is 16.6. The van der Waals surface area contributed by atoms with Crippen LogP contribution >= 0.6 is 0 Å². The number of amides is 1. The van der Waals surface area contributed by atoms with Gasteiger partial charge in [0.15, 0.2) is 6.10 Å². The first-order chi connectivity index (χ1) is 13.4. The van der Waals surface area contributed by atoms with E-state index in [1.165, 1.54) is 14.0 Å². The van der Waals surface area contributed by atoms with E-state index in [1.54, 1.807) is 6.92 Å². The Kier molecular flexibility index (Phi) is 8.14. The van der Waals surface area contributed by atoms with Crippen molar-refractivity contribution in [3.8, 4) is 0 Å². The van der Waals surface area contributed by atoms with Crippen LogP contribution in [0.3, 0.4) is 0 Å². The molecule has 0 saturated carbocycles. The number of benzene rings is 2. The fourth-order valence-corrected chi connectivity index (χ4v) is 2.87. The van der Waals surface area contributed by atoms with Crippen LogP contribution in [0.4, 0.5) is 5.69 Å². The first-order valence-corrected chi connectivity index (χ1v) is 9.40. The normalized spacial score (nSPS) is 13.0. The molecule has 2 aromatic carbocycles. The van der Waals surface area contributed by atoms with E-state index in [9.17, 15) is 14.4 Å². The fraction of sp³-hybridized carbons (Fsp3) is 0.409. The van der Waals surface area contributed by atoms with Crippen molar-refractivity contribution in [3.63, 3.8) is 0 Å². The molecule has 0 saturated heterocycles. The molecule has 0 aliphatic heterocycles. The molecule has 1 N–H and O–H groups in total. The standard InChI is InChI=1S/C22H27NO5/c1-15(24)11-12-18(13-14-28-22(26)16(2)27-3)21(25)23-20-10-6-8-17-7-4-5-9-19(17)20/h4-10,16,18H,11-14H2,1-3H3,(H,23,25). The third-order valence-electron chi connectivity index (χ3n) is 4.66. The third kappa shape index (κ3) is 6.16. The van der Waals surface area contributed by atoms with E-state index in [0.717, 1.165) is 16.5 Å². The van der Waals surface area contributed by atoms with Crippen LogP contribution in [-0.4, -0.2) is 37.5 Å². The molecule has 2 atom stereocenters. The molecule has 2 rings (SSSR count). The highest BCUT2D eigenvalue weighted by Crippen LogP contribution is 2.24. The number of nitrogens with one attached hydrogen (secondary N) is 1. The molecule has 0 aliphatic rings. The smallest absolute Gasteiger partial charge is 0.334 e. The molecule has 0 spiro atoms. The number of carbonyl (C=O) groups is 3. The number of Topliss-reactive ketones (excluding diaryl/α,β-unsaturated/α-hetero) is 1. The van der Waals surface area contributed by atoms with Crippen LogP contribution in [0.25, 0.3) is 10.8 Å². The van der Waals surface area contributed by atoms with E-state index in [0.29, 0.717) is 19.3 Å². The molecule has 0 fully saturated rings. The summed E-state index contributed by atoms with van der Waals surface area (Å²) >= 11 is 0. The molecular formula is C22H27NO5. The molecule has 0 aromatic heterocycles. The lowest BCUT2D eigenvalue weighted by molar-refractivity contribution is -0.155. The molecule has 6 nitrogen and oxygen atoms in total. The maximum absolute atomic E-state index is 12.8. The van der Waals surface area contributed by atoms with Crippen LogP contribution in [0.1, 0.15) is 33.1 Å². The van der Waals surface area contributed by atoms with Crippen molar-refractivity contribution in [2.45, 2.75) is 39.2 Å². The summed E-state index contributed by atoms with van der Waals surface area (Å²) in [5.74, 6) is -1.07. The van der Waals surface area contributed by atoms with Gasteiger partial charge in [-0.05, 0) is 38.1 Å². The molecule has 6 heteroatoms. The number of anilines is 1. The summed E-state index contributed by atoms with van der Waals surface area (Å²) in [6.07, 6.45) is 0.394. The number of carbonyl (C=O) groups excluding carboxylic acids is 3. The Hall–Kier alpha value is -2.73. The van der Waals surface area contributed by atoms with E-state index < -0.39 is 18.0 Å². The highest BCUT2D eigenvalue weighted by molar-refractivity contribution is 6.02. The summed E-state index contributed by atoms with van der Waals surface area (Å²) < 4.78 is 10.1. The summed E-state index contributed by atoms with van der Waals surface area (Å²) in [5.41, 5.74) is 0.723. The van der Waals surface area contributed by atoms with E-state index >= 15 is 0 Å². The number of rotatable bonds is 10. The summed E-state index contributed by atoms with van der Waals surface area (Å²) in [4.78, 5) is 36.0. The predicted molar refractivity (Wildman–Crippen MR) is 108 cm³/mol. The second-order valence-corrected chi connectivity index (χ2v) is 6.79. The van der Waals surface area contributed by atoms with E-state index in [-0.39, 0.29) is 18.3 Å². The summed E-state index contributed by atoms with van der Waals surface area (Å²) in [6.45, 7) is 3.20. The molecule has 0 bridgehead atoms. The van der Waals surface area contributed by atoms with Gasteiger partial charge in [0.2, 0.25) is 5.91 Å². The number of hydrogen-bond acceptors (Lipinski definition) is 5. The number of ketones is 1. The lowest BCUT2D eigenvalue weighted by Gasteiger charge is -2.18. The molecule has 0 heterocycles. The fourth-order valence-electron chi connectivity index (χ4n) is 2.87. The molecule has 0 radical (unpaired) electrons. The number of ether oxygens (including phenoxy) is 2. The SMILES string of the molecule is COC(C)C(=O)OCCC(CCC(C)=O)C(=O)Nc1cccc2ccccc12. The lowest BCUT2D eigenvalue weighted by atomic mass is 9.97. The maximum atomic E-state index is 12.8. The average molecular weight is 385 g/mol. The minimum atomic E-state index is -0.653. The van der Waals surface area contributed by atoms with Crippen molar-refractivity contribution in [2.75, 3.05) is 19.0 Å². The van der Waals surface area contributed by atoms with E-state index in [1.807, 2.05) is 42.5 Å². The zero-order valence-electron chi connectivity index (χ0n) is 16.6. The molecule has 2 aromatic rings. The Labute approximate surface area is 165 Å². The summed E-state index contributed by atoms with van der Waals surface area (Å²) in [6, 6.07) is 13.5. The second kappa shape index (κ2) is 10.6. The summed E-state index contributed by atoms with van der Waals surface area (Å²) in [5, 5.41) is 4.94. The molecular weight excluding hydrogens is 358 g/mol. The van der Waals surface area contributed by atoms with Gasteiger partial charge in [0.1, 0.15) is 5.78 Å². The van der Waals surface area contributed by atoms with Crippen molar-refractivity contribution in [3.05, 3.63) is 42.5 Å². The van der Waals surface area contributed by atoms with Gasteiger partial charge in [0.25, 0.3) is 0 Å². The van der Waals surface area contributed by atoms with Crippen molar-refractivity contribution in [1.82, 2.24) is 0 Å². The lowest BCUT2D eigenvalue weighted by Crippen LogP contribution is -2.27. The molecule has 28 heavy (non-hydrogen) atoms. The van der Waals surface area contributed by atoms with Gasteiger partial charge in [-0.15, -0.1) is 0 Å². The highest BCUT2D eigenvalue weighted by atomic mass is 16.6. The number of fused-ring (bicyclic) bond motifs is 1. The van der Waals surface area contributed by atoms with Gasteiger partial charge in [-0.1, -0.05) is 36.4 Å². The minimum absolute atomic E-state index is 0.0213. The monoisotopic (exact) mass is 385 g/mol. The Balaban J connectivity index is 2.05. The highest BCUT2D eigenvalue weighted by Gasteiger charge is 2.21. The van der Waals surface area contributed by atoms with Crippen LogP contribution in [0.5, 0.6) is 0 Å². The number of hydrogen-bond donors (Lipinski definition) is 1. The Bertz CT molecular complexity index is 827. The van der Waals surface area contributed by atoms with Gasteiger partial charge >= 0.3 is 5.97 Å². The first kappa shape index (κ1) is 21.6. The largest absolute Gasteiger partial charge is 0.464 e. The zero-order chi connectivity index (χ0) is 20.5. The number of methoxy groups -OCH3 is 1. The van der Waals surface area contributed by atoms with Gasteiger partial charge in [0.05, 0.1) is 6.61 Å². The quantitative estimate of drug-likeness (QED) is 0.630. The van der Waals surface area contributed by atoms with Crippen LogP contribution in [0.2, 0.25) is 0 Å². The van der Waals surface area contributed by atoms with Gasteiger partial charge in [-0.3, -0.25) is 4.79 Å². The van der Waals surface area contributed by atoms with Gasteiger partial charge in [-0.25, -0.2) is 4.79 Å². The van der Waals surface area contributed by atoms with Gasteiger partial charge in [-0.2, -0.15) is 0 Å². The maximum Gasteiger partial charge on any atom is 0.334 e. The van der Waals surface area contributed by atoms with Crippen LogP contribution in [-0.2, 0) is 23.9 Å². The molecule has 150 valence electrons. The van der Waals surface area contributed by atoms with Crippen molar-refractivity contribution >= 4 is 34.1 Å². The van der Waals surface area contributed by atoms with E-state index in [2.05, 4.69) is 5.32 Å². The van der Waals surface area contributed by atoms with Crippen molar-refractivity contribution < 1.29 is 23.9 Å².